The van der Waals surface area contributed by atoms with Gasteiger partial charge in [0.25, 0.3) is 0 Å². The second-order valence-corrected chi connectivity index (χ2v) is 6.40. The maximum Gasteiger partial charge on any atom is 0.410 e. The number of nitrogens with one attached hydrogen (secondary N) is 1. The lowest BCUT2D eigenvalue weighted by Gasteiger charge is -2.24. The molecule has 2 rings (SSSR count). The molecule has 0 radical (unpaired) electrons. The van der Waals surface area contributed by atoms with Crippen LogP contribution in [0.1, 0.15) is 38.8 Å². The molecule has 1 fully saturated rings. The number of hydrogen-bond donors (Lipinski definition) is 1. The number of hydrogen-bond acceptors (Lipinski definition) is 3. The maximum atomic E-state index is 11.9. The number of amides is 1. The highest BCUT2D eigenvalue weighted by atomic mass is 79.9. The Bertz CT molecular complexity index is 439. The third kappa shape index (κ3) is 3.04. The molecule has 1 saturated heterocycles. The predicted molar refractivity (Wildman–Crippen MR) is 71.5 cm³/mol. The fraction of sp³-hybridized carbons (Fsp3) is 0.667. The van der Waals surface area contributed by atoms with Crippen LogP contribution >= 0.6 is 15.9 Å². The Hall–Kier alpha value is -1.04. The van der Waals surface area contributed by atoms with Crippen LogP contribution in [0, 0.1) is 0 Å². The van der Waals surface area contributed by atoms with Crippen LogP contribution in [-0.2, 0) is 4.74 Å². The summed E-state index contributed by atoms with van der Waals surface area (Å²) in [4.78, 5) is 13.7. The average molecular weight is 316 g/mol. The minimum atomic E-state index is -0.441. The van der Waals surface area contributed by atoms with Gasteiger partial charge in [-0.25, -0.2) is 4.79 Å². The number of halogens is 1. The number of nitrogens with zero attached hydrogens (tertiary/aromatic N) is 2. The summed E-state index contributed by atoms with van der Waals surface area (Å²) in [6, 6.07) is 0. The standard InChI is InChI=1S/C12H18BrN3O2/c1-12(2,3)18-11(17)16-5-4-8(7-16)10-9(13)6-14-15-10/h6,8H,4-5,7H2,1-3H3,(H,14,15)/t8-/m0/s1. The van der Waals surface area contributed by atoms with Gasteiger partial charge in [0.05, 0.1) is 16.4 Å². The highest BCUT2D eigenvalue weighted by Crippen LogP contribution is 2.31. The molecule has 0 unspecified atom stereocenters. The van der Waals surface area contributed by atoms with Crippen molar-refractivity contribution in [1.82, 2.24) is 15.1 Å². The molecule has 1 amide bonds. The van der Waals surface area contributed by atoms with Crippen molar-refractivity contribution in [2.75, 3.05) is 13.1 Å². The van der Waals surface area contributed by atoms with Crippen molar-refractivity contribution >= 4 is 22.0 Å². The van der Waals surface area contributed by atoms with E-state index in [-0.39, 0.29) is 6.09 Å². The first kappa shape index (κ1) is 13.4. The summed E-state index contributed by atoms with van der Waals surface area (Å²) in [6.45, 7) is 7.04. The van der Waals surface area contributed by atoms with E-state index in [2.05, 4.69) is 26.1 Å². The quantitative estimate of drug-likeness (QED) is 0.867. The molecule has 100 valence electrons. The second-order valence-electron chi connectivity index (χ2n) is 5.54. The van der Waals surface area contributed by atoms with Gasteiger partial charge in [0, 0.05) is 19.0 Å². The maximum absolute atomic E-state index is 11.9. The van der Waals surface area contributed by atoms with E-state index in [4.69, 9.17) is 4.74 Å². The van der Waals surface area contributed by atoms with Gasteiger partial charge in [-0.3, -0.25) is 5.10 Å². The van der Waals surface area contributed by atoms with Gasteiger partial charge in [-0.1, -0.05) is 0 Å². The molecule has 5 nitrogen and oxygen atoms in total. The molecule has 0 spiro atoms. The lowest BCUT2D eigenvalue weighted by molar-refractivity contribution is 0.0292. The Morgan fingerprint density at radius 1 is 1.61 bits per heavy atom. The Balaban J connectivity index is 1.97. The first-order chi connectivity index (χ1) is 8.37. The molecule has 1 N–H and O–H groups in total. The smallest absolute Gasteiger partial charge is 0.410 e. The number of H-pyrrole nitrogens is 1. The molecule has 18 heavy (non-hydrogen) atoms. The van der Waals surface area contributed by atoms with Crippen molar-refractivity contribution in [2.45, 2.75) is 38.7 Å². The lowest BCUT2D eigenvalue weighted by Crippen LogP contribution is -2.35. The SMILES string of the molecule is CC(C)(C)OC(=O)N1CC[C@H](c2[nH]ncc2Br)C1. The van der Waals surface area contributed by atoms with Gasteiger partial charge in [-0.05, 0) is 43.1 Å². The van der Waals surface area contributed by atoms with E-state index < -0.39 is 5.60 Å². The predicted octanol–water partition coefficient (Wildman–Crippen LogP) is 2.90. The van der Waals surface area contributed by atoms with Gasteiger partial charge < -0.3 is 9.64 Å². The zero-order valence-corrected chi connectivity index (χ0v) is 12.5. The summed E-state index contributed by atoms with van der Waals surface area (Å²) in [5, 5.41) is 6.97. The summed E-state index contributed by atoms with van der Waals surface area (Å²) in [5.41, 5.74) is 0.616. The molecular weight excluding hydrogens is 298 g/mol. The molecule has 0 aliphatic carbocycles. The molecule has 1 aromatic rings. The molecule has 1 aliphatic rings. The highest BCUT2D eigenvalue weighted by molar-refractivity contribution is 9.10. The first-order valence-corrected chi connectivity index (χ1v) is 6.83. The number of aromatic nitrogens is 2. The van der Waals surface area contributed by atoms with Crippen molar-refractivity contribution in [3.8, 4) is 0 Å². The summed E-state index contributed by atoms with van der Waals surface area (Å²) in [6.07, 6.45) is 2.44. The molecule has 1 atom stereocenters. The van der Waals surface area contributed by atoms with E-state index in [1.807, 2.05) is 20.8 Å². The van der Waals surface area contributed by atoms with Crippen LogP contribution in [0.4, 0.5) is 4.79 Å². The zero-order valence-electron chi connectivity index (χ0n) is 10.9. The number of carbonyl (C=O) groups excluding carboxylic acids is 1. The van der Waals surface area contributed by atoms with Crippen LogP contribution in [0.25, 0.3) is 0 Å². The molecule has 0 bridgehead atoms. The van der Waals surface area contributed by atoms with Crippen molar-refractivity contribution < 1.29 is 9.53 Å². The molecular formula is C12H18BrN3O2. The fourth-order valence-electron chi connectivity index (χ4n) is 2.06. The highest BCUT2D eigenvalue weighted by Gasteiger charge is 2.31. The molecule has 1 aliphatic heterocycles. The van der Waals surface area contributed by atoms with E-state index in [1.54, 1.807) is 11.1 Å². The number of ether oxygens (including phenoxy) is 1. The normalized spacial score (nSPS) is 20.2. The van der Waals surface area contributed by atoms with E-state index in [0.29, 0.717) is 12.5 Å². The van der Waals surface area contributed by atoms with Crippen molar-refractivity contribution in [1.29, 1.82) is 0 Å². The first-order valence-electron chi connectivity index (χ1n) is 6.03. The summed E-state index contributed by atoms with van der Waals surface area (Å²) >= 11 is 3.45. The van der Waals surface area contributed by atoms with Gasteiger partial charge in [0.2, 0.25) is 0 Å². The number of carbonyl (C=O) groups is 1. The van der Waals surface area contributed by atoms with Gasteiger partial charge in [-0.15, -0.1) is 0 Å². The minimum absolute atomic E-state index is 0.236. The average Bonchev–Trinajstić information content (AvgIpc) is 2.82. The monoisotopic (exact) mass is 315 g/mol. The van der Waals surface area contributed by atoms with Crippen LogP contribution in [0.2, 0.25) is 0 Å². The second kappa shape index (κ2) is 4.91. The van der Waals surface area contributed by atoms with Gasteiger partial charge >= 0.3 is 6.09 Å². The molecule has 6 heteroatoms. The third-order valence-electron chi connectivity index (χ3n) is 2.87. The Labute approximate surface area is 115 Å². The Morgan fingerprint density at radius 3 is 2.89 bits per heavy atom. The minimum Gasteiger partial charge on any atom is -0.444 e. The van der Waals surface area contributed by atoms with Crippen molar-refractivity contribution in [3.05, 3.63) is 16.4 Å². The molecule has 2 heterocycles. The van der Waals surface area contributed by atoms with Crippen molar-refractivity contribution in [3.63, 3.8) is 0 Å². The summed E-state index contributed by atoms with van der Waals surface area (Å²) < 4.78 is 6.34. The fourth-order valence-corrected chi connectivity index (χ4v) is 2.57. The number of rotatable bonds is 1. The number of likely N-dealkylation sites (tertiary alicyclic amines) is 1. The Morgan fingerprint density at radius 2 is 2.33 bits per heavy atom. The van der Waals surface area contributed by atoms with E-state index in [0.717, 1.165) is 23.1 Å². The van der Waals surface area contributed by atoms with E-state index >= 15 is 0 Å². The summed E-state index contributed by atoms with van der Waals surface area (Å²) in [5.74, 6) is 0.300. The van der Waals surface area contributed by atoms with Crippen molar-refractivity contribution in [2.24, 2.45) is 0 Å². The number of aromatic amines is 1. The van der Waals surface area contributed by atoms with E-state index in [1.165, 1.54) is 0 Å². The van der Waals surface area contributed by atoms with Gasteiger partial charge in [-0.2, -0.15) is 5.10 Å². The van der Waals surface area contributed by atoms with Gasteiger partial charge in [0.1, 0.15) is 5.60 Å². The van der Waals surface area contributed by atoms with Crippen LogP contribution in [-0.4, -0.2) is 39.9 Å². The van der Waals surface area contributed by atoms with Crippen LogP contribution in [0.5, 0.6) is 0 Å². The van der Waals surface area contributed by atoms with Crippen LogP contribution in [0.15, 0.2) is 10.7 Å². The lowest BCUT2D eigenvalue weighted by atomic mass is 10.1. The largest absolute Gasteiger partial charge is 0.444 e. The zero-order chi connectivity index (χ0) is 13.3. The molecule has 0 aromatic carbocycles. The molecule has 1 aromatic heterocycles. The Kier molecular flexibility index (Phi) is 3.66. The topological polar surface area (TPSA) is 58.2 Å². The van der Waals surface area contributed by atoms with Crippen LogP contribution < -0.4 is 0 Å². The van der Waals surface area contributed by atoms with Gasteiger partial charge in [0.15, 0.2) is 0 Å². The third-order valence-corrected chi connectivity index (χ3v) is 3.50. The van der Waals surface area contributed by atoms with Crippen LogP contribution in [0.3, 0.4) is 0 Å². The van der Waals surface area contributed by atoms with E-state index in [9.17, 15) is 4.79 Å². The molecule has 0 saturated carbocycles. The summed E-state index contributed by atoms with van der Waals surface area (Å²) in [7, 11) is 0.